The molecule has 0 heterocycles. The summed E-state index contributed by atoms with van der Waals surface area (Å²) in [6.07, 6.45) is 0. The second-order valence-corrected chi connectivity index (χ2v) is 5.23. The van der Waals surface area contributed by atoms with Gasteiger partial charge in [-0.25, -0.2) is 9.18 Å². The van der Waals surface area contributed by atoms with Crippen LogP contribution in [0.15, 0.2) is 23.1 Å². The second-order valence-electron chi connectivity index (χ2n) is 3.40. The molecule has 2 N–H and O–H groups in total. The van der Waals surface area contributed by atoms with E-state index in [1.165, 1.54) is 37.0 Å². The molecule has 98 valence electrons. The Morgan fingerprint density at radius 1 is 1.44 bits per heavy atom. The molecule has 0 spiro atoms. The highest BCUT2D eigenvalue weighted by Gasteiger charge is 2.16. The average molecular weight is 291 g/mol. The molecule has 0 saturated carbocycles. The quantitative estimate of drug-likeness (QED) is 0.841. The molecule has 0 aromatic heterocycles. The Labute approximate surface area is 113 Å². The highest BCUT2D eigenvalue weighted by Crippen LogP contribution is 2.27. The lowest BCUT2D eigenvalue weighted by Gasteiger charge is -2.11. The maximum Gasteiger partial charge on any atom is 0.321 e. The van der Waals surface area contributed by atoms with Crippen molar-refractivity contribution < 1.29 is 14.0 Å². The number of carbonyl (C=O) groups excluding carboxylic acids is 2. The predicted octanol–water partition coefficient (Wildman–Crippen LogP) is 2.42. The van der Waals surface area contributed by atoms with E-state index >= 15 is 0 Å². The Morgan fingerprint density at radius 2 is 2.11 bits per heavy atom. The molecular weight excluding hydrogens is 279 g/mol. The molecule has 1 aromatic rings. The number of urea groups is 1. The van der Waals surface area contributed by atoms with E-state index in [1.54, 1.807) is 6.92 Å². The van der Waals surface area contributed by atoms with Gasteiger partial charge in [-0.2, -0.15) is 0 Å². The summed E-state index contributed by atoms with van der Waals surface area (Å²) < 4.78 is 12.9. The van der Waals surface area contributed by atoms with Gasteiger partial charge in [-0.15, -0.1) is 11.8 Å². The lowest BCUT2D eigenvalue weighted by atomic mass is 10.3. The van der Waals surface area contributed by atoms with Crippen molar-refractivity contribution >= 4 is 35.3 Å². The topological polar surface area (TPSA) is 58.2 Å². The van der Waals surface area contributed by atoms with Gasteiger partial charge >= 0.3 is 6.03 Å². The number of imide groups is 1. The third-order valence-electron chi connectivity index (χ3n) is 2.04. The fourth-order valence-electron chi connectivity index (χ4n) is 1.08. The summed E-state index contributed by atoms with van der Waals surface area (Å²) >= 11 is 6.81. The number of carbonyl (C=O) groups is 2. The van der Waals surface area contributed by atoms with Crippen molar-refractivity contribution in [2.75, 3.05) is 7.05 Å². The largest absolute Gasteiger partial charge is 0.341 e. The standard InChI is InChI=1S/C11H12ClFN2O2S/c1-6(10(16)15-11(17)14-2)18-7-3-4-9(13)8(12)5-7/h3-6H,1-2H3,(H2,14,15,16,17)/t6-/m0/s1. The number of halogens is 2. The Hall–Kier alpha value is -1.27. The number of hydrogen-bond acceptors (Lipinski definition) is 3. The van der Waals surface area contributed by atoms with E-state index in [4.69, 9.17) is 11.6 Å². The van der Waals surface area contributed by atoms with E-state index < -0.39 is 23.0 Å². The van der Waals surface area contributed by atoms with Crippen LogP contribution in [0.4, 0.5) is 9.18 Å². The number of rotatable bonds is 3. The van der Waals surface area contributed by atoms with Crippen LogP contribution in [0.1, 0.15) is 6.92 Å². The number of amides is 3. The molecule has 4 nitrogen and oxygen atoms in total. The van der Waals surface area contributed by atoms with Crippen LogP contribution in [-0.4, -0.2) is 24.2 Å². The van der Waals surface area contributed by atoms with Crippen LogP contribution in [-0.2, 0) is 4.79 Å². The van der Waals surface area contributed by atoms with Gasteiger partial charge in [0.05, 0.1) is 10.3 Å². The zero-order valence-electron chi connectivity index (χ0n) is 9.79. The van der Waals surface area contributed by atoms with Crippen molar-refractivity contribution in [1.82, 2.24) is 10.6 Å². The Kier molecular flexibility index (Phi) is 5.43. The monoisotopic (exact) mass is 290 g/mol. The molecule has 0 bridgehead atoms. The maximum atomic E-state index is 12.9. The van der Waals surface area contributed by atoms with E-state index in [0.717, 1.165) is 0 Å². The van der Waals surface area contributed by atoms with Crippen LogP contribution in [0.5, 0.6) is 0 Å². The van der Waals surface area contributed by atoms with Crippen LogP contribution in [0.2, 0.25) is 5.02 Å². The minimum absolute atomic E-state index is 0.00101. The Morgan fingerprint density at radius 3 is 2.67 bits per heavy atom. The van der Waals surface area contributed by atoms with Gasteiger partial charge < -0.3 is 5.32 Å². The minimum Gasteiger partial charge on any atom is -0.341 e. The van der Waals surface area contributed by atoms with Gasteiger partial charge in [-0.1, -0.05) is 11.6 Å². The fourth-order valence-corrected chi connectivity index (χ4v) is 2.24. The van der Waals surface area contributed by atoms with Crippen molar-refractivity contribution in [1.29, 1.82) is 0 Å². The van der Waals surface area contributed by atoms with Gasteiger partial charge in [0.15, 0.2) is 0 Å². The van der Waals surface area contributed by atoms with E-state index in [9.17, 15) is 14.0 Å². The first-order valence-electron chi connectivity index (χ1n) is 5.08. The summed E-state index contributed by atoms with van der Waals surface area (Å²) in [6, 6.07) is 3.62. The van der Waals surface area contributed by atoms with Crippen molar-refractivity contribution in [3.63, 3.8) is 0 Å². The summed E-state index contributed by atoms with van der Waals surface area (Å²) in [5.41, 5.74) is 0. The molecule has 0 unspecified atom stereocenters. The molecule has 0 radical (unpaired) electrons. The Balaban J connectivity index is 2.63. The van der Waals surface area contributed by atoms with E-state index in [2.05, 4.69) is 10.6 Å². The molecule has 1 rings (SSSR count). The molecular formula is C11H12ClFN2O2S. The SMILES string of the molecule is CNC(=O)NC(=O)[C@H](C)Sc1ccc(F)c(Cl)c1. The first kappa shape index (κ1) is 14.8. The van der Waals surface area contributed by atoms with E-state index in [0.29, 0.717) is 4.90 Å². The molecule has 0 aliphatic heterocycles. The lowest BCUT2D eigenvalue weighted by molar-refractivity contribution is -0.119. The van der Waals surface area contributed by atoms with Crippen molar-refractivity contribution in [2.45, 2.75) is 17.1 Å². The third kappa shape index (κ3) is 4.19. The average Bonchev–Trinajstić information content (AvgIpc) is 2.33. The summed E-state index contributed by atoms with van der Waals surface area (Å²) in [5, 5.41) is 3.94. The van der Waals surface area contributed by atoms with Crippen LogP contribution in [0, 0.1) is 5.82 Å². The Bertz CT molecular complexity index is 470. The highest BCUT2D eigenvalue weighted by atomic mass is 35.5. The maximum absolute atomic E-state index is 12.9. The summed E-state index contributed by atoms with van der Waals surface area (Å²) in [4.78, 5) is 23.2. The van der Waals surface area contributed by atoms with Crippen LogP contribution in [0.3, 0.4) is 0 Å². The van der Waals surface area contributed by atoms with Gasteiger partial charge in [-0.3, -0.25) is 10.1 Å². The van der Waals surface area contributed by atoms with Crippen molar-refractivity contribution in [3.8, 4) is 0 Å². The van der Waals surface area contributed by atoms with Gasteiger partial charge in [-0.05, 0) is 25.1 Å². The summed E-state index contributed by atoms with van der Waals surface area (Å²) in [7, 11) is 1.42. The van der Waals surface area contributed by atoms with E-state index in [-0.39, 0.29) is 5.02 Å². The minimum atomic E-state index is -0.565. The summed E-state index contributed by atoms with van der Waals surface area (Å²) in [6.45, 7) is 1.64. The van der Waals surface area contributed by atoms with Crippen molar-refractivity contribution in [3.05, 3.63) is 29.0 Å². The smallest absolute Gasteiger partial charge is 0.321 e. The van der Waals surface area contributed by atoms with Gasteiger partial charge in [0.2, 0.25) is 5.91 Å². The number of thioether (sulfide) groups is 1. The molecule has 0 aliphatic rings. The number of benzene rings is 1. The number of hydrogen-bond donors (Lipinski definition) is 2. The summed E-state index contributed by atoms with van der Waals surface area (Å²) in [5.74, 6) is -0.941. The van der Waals surface area contributed by atoms with Crippen LogP contribution >= 0.6 is 23.4 Å². The molecule has 7 heteroatoms. The molecule has 0 aliphatic carbocycles. The highest BCUT2D eigenvalue weighted by molar-refractivity contribution is 8.00. The zero-order chi connectivity index (χ0) is 13.7. The molecule has 0 saturated heterocycles. The second kappa shape index (κ2) is 6.61. The molecule has 3 amide bonds. The van der Waals surface area contributed by atoms with Crippen molar-refractivity contribution in [2.24, 2.45) is 0 Å². The molecule has 0 fully saturated rings. The van der Waals surface area contributed by atoms with Crippen LogP contribution in [0.25, 0.3) is 0 Å². The van der Waals surface area contributed by atoms with Gasteiger partial charge in [0.1, 0.15) is 5.82 Å². The first-order valence-corrected chi connectivity index (χ1v) is 6.34. The zero-order valence-corrected chi connectivity index (χ0v) is 11.4. The lowest BCUT2D eigenvalue weighted by Crippen LogP contribution is -2.41. The van der Waals surface area contributed by atoms with Gasteiger partial charge in [0.25, 0.3) is 0 Å². The molecule has 18 heavy (non-hydrogen) atoms. The molecule has 1 atom stereocenters. The fraction of sp³-hybridized carbons (Fsp3) is 0.273. The normalized spacial score (nSPS) is 11.8. The van der Waals surface area contributed by atoms with E-state index in [1.807, 2.05) is 0 Å². The first-order chi connectivity index (χ1) is 8.43. The third-order valence-corrected chi connectivity index (χ3v) is 3.42. The van der Waals surface area contributed by atoms with Gasteiger partial charge in [0, 0.05) is 11.9 Å². The predicted molar refractivity (Wildman–Crippen MR) is 69.3 cm³/mol. The van der Waals surface area contributed by atoms with Crippen LogP contribution < -0.4 is 10.6 Å². The molecule has 1 aromatic carbocycles. The number of nitrogens with one attached hydrogen (secondary N) is 2.